The fraction of sp³-hybridized carbons (Fsp3) is 0.857. The van der Waals surface area contributed by atoms with E-state index in [0.29, 0.717) is 32.7 Å². The lowest BCUT2D eigenvalue weighted by atomic mass is 9.99. The molecule has 0 aromatic carbocycles. The second-order valence-corrected chi connectivity index (χ2v) is 5.85. The van der Waals surface area contributed by atoms with Gasteiger partial charge in [0.1, 0.15) is 0 Å². The maximum atomic E-state index is 12.2. The molecule has 2 fully saturated rings. The summed E-state index contributed by atoms with van der Waals surface area (Å²) in [7, 11) is 1.74. The number of hydrogen-bond donors (Lipinski definition) is 1. The van der Waals surface area contributed by atoms with Crippen molar-refractivity contribution in [1.29, 1.82) is 0 Å². The number of hydrogen-bond acceptors (Lipinski definition) is 3. The lowest BCUT2D eigenvalue weighted by Gasteiger charge is -2.33. The first-order valence-electron chi connectivity index (χ1n) is 7.38. The van der Waals surface area contributed by atoms with Gasteiger partial charge in [-0.15, -0.1) is 0 Å². The normalized spacial score (nSPS) is 22.6. The fourth-order valence-electron chi connectivity index (χ4n) is 2.43. The molecule has 1 saturated carbocycles. The van der Waals surface area contributed by atoms with Crippen molar-refractivity contribution in [1.82, 2.24) is 9.80 Å². The molecule has 6 nitrogen and oxygen atoms in total. The topological polar surface area (TPSA) is 70.1 Å². The second kappa shape index (κ2) is 6.92. The van der Waals surface area contributed by atoms with E-state index in [2.05, 4.69) is 0 Å². The molecule has 0 aromatic rings. The number of carboxylic acid groups (broad SMARTS) is 1. The Bertz CT molecular complexity index is 357. The van der Waals surface area contributed by atoms with Gasteiger partial charge in [0.05, 0.1) is 12.5 Å². The fourth-order valence-corrected chi connectivity index (χ4v) is 2.43. The molecule has 1 aliphatic heterocycles. The van der Waals surface area contributed by atoms with Crippen LogP contribution in [0.25, 0.3) is 0 Å². The van der Waals surface area contributed by atoms with E-state index in [0.717, 1.165) is 18.9 Å². The van der Waals surface area contributed by atoms with Crippen LogP contribution in [-0.2, 0) is 9.53 Å². The number of amides is 2. The number of carbonyl (C=O) groups excluding carboxylic acids is 1. The number of urea groups is 1. The number of carbonyl (C=O) groups is 2. The van der Waals surface area contributed by atoms with Crippen molar-refractivity contribution >= 4 is 12.0 Å². The third-order valence-corrected chi connectivity index (χ3v) is 3.99. The average Bonchev–Trinajstić information content (AvgIpc) is 3.26. The van der Waals surface area contributed by atoms with Crippen molar-refractivity contribution in [2.45, 2.75) is 25.7 Å². The van der Waals surface area contributed by atoms with Gasteiger partial charge >= 0.3 is 12.0 Å². The Labute approximate surface area is 119 Å². The summed E-state index contributed by atoms with van der Waals surface area (Å²) in [6, 6.07) is -0.0917. The summed E-state index contributed by atoms with van der Waals surface area (Å²) in [4.78, 5) is 26.5. The van der Waals surface area contributed by atoms with E-state index in [1.807, 2.05) is 0 Å². The van der Waals surface area contributed by atoms with Gasteiger partial charge in [-0.25, -0.2) is 4.79 Å². The van der Waals surface area contributed by atoms with Crippen LogP contribution in [-0.4, -0.2) is 66.8 Å². The molecule has 20 heavy (non-hydrogen) atoms. The summed E-state index contributed by atoms with van der Waals surface area (Å²) >= 11 is 0. The Balaban J connectivity index is 1.69. The Morgan fingerprint density at radius 2 is 2.10 bits per heavy atom. The van der Waals surface area contributed by atoms with Crippen LogP contribution in [0.5, 0.6) is 0 Å². The molecule has 0 aromatic heterocycles. The van der Waals surface area contributed by atoms with Crippen LogP contribution in [0.2, 0.25) is 0 Å². The van der Waals surface area contributed by atoms with Gasteiger partial charge in [-0.1, -0.05) is 0 Å². The van der Waals surface area contributed by atoms with Crippen LogP contribution >= 0.6 is 0 Å². The van der Waals surface area contributed by atoms with E-state index in [4.69, 9.17) is 9.84 Å². The average molecular weight is 284 g/mol. The smallest absolute Gasteiger partial charge is 0.319 e. The zero-order valence-corrected chi connectivity index (χ0v) is 12.1. The molecule has 2 aliphatic rings. The number of piperidine rings is 1. The molecule has 0 radical (unpaired) electrons. The van der Waals surface area contributed by atoms with Gasteiger partial charge < -0.3 is 19.6 Å². The highest BCUT2D eigenvalue weighted by Crippen LogP contribution is 2.28. The summed E-state index contributed by atoms with van der Waals surface area (Å²) in [5.41, 5.74) is 0. The van der Waals surface area contributed by atoms with Gasteiger partial charge in [-0.2, -0.15) is 0 Å². The molecule has 1 aliphatic carbocycles. The van der Waals surface area contributed by atoms with E-state index in [1.165, 1.54) is 12.8 Å². The maximum absolute atomic E-state index is 12.2. The predicted octanol–water partition coefficient (Wildman–Crippen LogP) is 1.26. The number of ether oxygens (including phenoxy) is 1. The minimum Gasteiger partial charge on any atom is -0.481 e. The zero-order valence-electron chi connectivity index (χ0n) is 12.1. The Morgan fingerprint density at radius 1 is 1.35 bits per heavy atom. The van der Waals surface area contributed by atoms with Crippen LogP contribution < -0.4 is 0 Å². The largest absolute Gasteiger partial charge is 0.481 e. The lowest BCUT2D eigenvalue weighted by Crippen LogP contribution is -2.48. The molecule has 1 heterocycles. The molecule has 6 heteroatoms. The quantitative estimate of drug-likeness (QED) is 0.746. The zero-order chi connectivity index (χ0) is 14.5. The minimum absolute atomic E-state index is 0.0917. The molecule has 0 spiro atoms. The molecule has 1 saturated heterocycles. The van der Waals surface area contributed by atoms with Crippen molar-refractivity contribution in [3.63, 3.8) is 0 Å². The van der Waals surface area contributed by atoms with Gasteiger partial charge in [-0.05, 0) is 31.6 Å². The SMILES string of the molecule is CN(CCOCC1CC1)C(=O)N1CCC[C@@H](C(=O)O)C1. The van der Waals surface area contributed by atoms with Crippen molar-refractivity contribution in [2.75, 3.05) is 39.9 Å². The summed E-state index contributed by atoms with van der Waals surface area (Å²) in [6.07, 6.45) is 3.94. The summed E-state index contributed by atoms with van der Waals surface area (Å²) in [6.45, 7) is 2.87. The van der Waals surface area contributed by atoms with E-state index in [-0.39, 0.29) is 6.03 Å². The molecule has 2 amide bonds. The number of likely N-dealkylation sites (N-methyl/N-ethyl adjacent to an activating group) is 1. The van der Waals surface area contributed by atoms with Crippen molar-refractivity contribution in [3.05, 3.63) is 0 Å². The van der Waals surface area contributed by atoms with E-state index in [9.17, 15) is 9.59 Å². The Hall–Kier alpha value is -1.30. The standard InChI is InChI=1S/C14H24N2O4/c1-15(7-8-20-10-11-4-5-11)14(19)16-6-2-3-12(9-16)13(17)18/h11-12H,2-10H2,1H3,(H,17,18)/t12-/m1/s1. The van der Waals surface area contributed by atoms with Gasteiger partial charge in [0, 0.05) is 33.3 Å². The monoisotopic (exact) mass is 284 g/mol. The Morgan fingerprint density at radius 3 is 2.75 bits per heavy atom. The van der Waals surface area contributed by atoms with Crippen molar-refractivity contribution in [2.24, 2.45) is 11.8 Å². The van der Waals surface area contributed by atoms with Gasteiger partial charge in [0.25, 0.3) is 0 Å². The molecule has 0 bridgehead atoms. The summed E-state index contributed by atoms with van der Waals surface area (Å²) in [5.74, 6) is -0.500. The first-order valence-corrected chi connectivity index (χ1v) is 7.38. The van der Waals surface area contributed by atoms with Crippen LogP contribution in [0.15, 0.2) is 0 Å². The van der Waals surface area contributed by atoms with Crippen LogP contribution in [0.4, 0.5) is 4.79 Å². The van der Waals surface area contributed by atoms with Gasteiger partial charge in [0.15, 0.2) is 0 Å². The second-order valence-electron chi connectivity index (χ2n) is 5.85. The van der Waals surface area contributed by atoms with Gasteiger partial charge in [0.2, 0.25) is 0 Å². The summed E-state index contributed by atoms with van der Waals surface area (Å²) < 4.78 is 5.52. The number of nitrogens with zero attached hydrogens (tertiary/aromatic N) is 2. The van der Waals surface area contributed by atoms with E-state index in [1.54, 1.807) is 16.8 Å². The first-order chi connectivity index (χ1) is 9.58. The van der Waals surface area contributed by atoms with Crippen molar-refractivity contribution < 1.29 is 19.4 Å². The predicted molar refractivity (Wildman–Crippen MR) is 73.5 cm³/mol. The van der Waals surface area contributed by atoms with Crippen molar-refractivity contribution in [3.8, 4) is 0 Å². The first kappa shape index (κ1) is 15.1. The molecular formula is C14H24N2O4. The highest BCUT2D eigenvalue weighted by molar-refractivity contribution is 5.76. The van der Waals surface area contributed by atoms with E-state index < -0.39 is 11.9 Å². The molecule has 2 rings (SSSR count). The maximum Gasteiger partial charge on any atom is 0.319 e. The van der Waals surface area contributed by atoms with Crippen LogP contribution in [0.3, 0.4) is 0 Å². The highest BCUT2D eigenvalue weighted by Gasteiger charge is 2.29. The third kappa shape index (κ3) is 4.37. The lowest BCUT2D eigenvalue weighted by molar-refractivity contribution is -0.143. The van der Waals surface area contributed by atoms with Gasteiger partial charge in [-0.3, -0.25) is 4.79 Å². The minimum atomic E-state index is -0.807. The number of aliphatic carboxylic acids is 1. The number of rotatable bonds is 6. The van der Waals surface area contributed by atoms with E-state index >= 15 is 0 Å². The Kier molecular flexibility index (Phi) is 5.23. The van der Waals surface area contributed by atoms with Crippen LogP contribution in [0.1, 0.15) is 25.7 Å². The highest BCUT2D eigenvalue weighted by atomic mass is 16.5. The molecular weight excluding hydrogens is 260 g/mol. The number of likely N-dealkylation sites (tertiary alicyclic amines) is 1. The molecule has 1 N–H and O–H groups in total. The molecule has 0 unspecified atom stereocenters. The molecule has 1 atom stereocenters. The third-order valence-electron chi connectivity index (χ3n) is 3.99. The number of carboxylic acids is 1. The summed E-state index contributed by atoms with van der Waals surface area (Å²) in [5, 5.41) is 9.04. The van der Waals surface area contributed by atoms with Crippen LogP contribution in [0, 0.1) is 11.8 Å². The molecule has 114 valence electrons.